The molecule has 0 fully saturated rings. The van der Waals surface area contributed by atoms with Gasteiger partial charge in [0.2, 0.25) is 0 Å². The first kappa shape index (κ1) is 13.4. The van der Waals surface area contributed by atoms with Crippen LogP contribution in [-0.4, -0.2) is 18.6 Å². The van der Waals surface area contributed by atoms with Gasteiger partial charge in [0.1, 0.15) is 6.54 Å². The molecule has 0 spiro atoms. The third-order valence-corrected chi connectivity index (χ3v) is 2.61. The predicted octanol–water partition coefficient (Wildman–Crippen LogP) is 3.03. The molecule has 0 saturated heterocycles. The van der Waals surface area contributed by atoms with Gasteiger partial charge in [-0.25, -0.2) is 0 Å². The summed E-state index contributed by atoms with van der Waals surface area (Å²) in [6, 6.07) is 4.55. The van der Waals surface area contributed by atoms with E-state index >= 15 is 0 Å². The molecule has 0 aliphatic heterocycles. The highest BCUT2D eigenvalue weighted by Crippen LogP contribution is 2.20. The van der Waals surface area contributed by atoms with Crippen LogP contribution in [0.5, 0.6) is 0 Å². The number of thiol groups is 1. The second kappa shape index (κ2) is 5.09. The Morgan fingerprint density at radius 3 is 2.62 bits per heavy atom. The molecule has 1 aromatic carbocycles. The standard InChI is InChI=1S/C9H7BrF3NOS/c10-7-2-1-5(16)3-6(7)8(15)14-4-9(11,12)13/h1-3,16H,4H2,(H,14,15). The first-order chi connectivity index (χ1) is 7.29. The number of alkyl halides is 3. The zero-order chi connectivity index (χ0) is 12.3. The monoisotopic (exact) mass is 313 g/mol. The van der Waals surface area contributed by atoms with Gasteiger partial charge in [-0.05, 0) is 34.1 Å². The van der Waals surface area contributed by atoms with Gasteiger partial charge < -0.3 is 5.32 Å². The lowest BCUT2D eigenvalue weighted by Crippen LogP contribution is -2.33. The van der Waals surface area contributed by atoms with E-state index in [2.05, 4.69) is 28.6 Å². The van der Waals surface area contributed by atoms with Gasteiger partial charge >= 0.3 is 6.18 Å². The Hall–Kier alpha value is -0.690. The van der Waals surface area contributed by atoms with Crippen LogP contribution in [0, 0.1) is 0 Å². The van der Waals surface area contributed by atoms with E-state index in [1.54, 1.807) is 17.4 Å². The molecule has 0 saturated carbocycles. The number of amides is 1. The smallest absolute Gasteiger partial charge is 0.343 e. The van der Waals surface area contributed by atoms with E-state index < -0.39 is 18.6 Å². The van der Waals surface area contributed by atoms with Crippen molar-refractivity contribution in [3.05, 3.63) is 28.2 Å². The van der Waals surface area contributed by atoms with Crippen molar-refractivity contribution in [3.63, 3.8) is 0 Å². The van der Waals surface area contributed by atoms with E-state index in [0.717, 1.165) is 0 Å². The summed E-state index contributed by atoms with van der Waals surface area (Å²) in [5.74, 6) is -0.792. The fraction of sp³-hybridized carbons (Fsp3) is 0.222. The number of nitrogens with one attached hydrogen (secondary N) is 1. The van der Waals surface area contributed by atoms with E-state index in [0.29, 0.717) is 9.37 Å². The average Bonchev–Trinajstić information content (AvgIpc) is 2.17. The van der Waals surface area contributed by atoms with Gasteiger partial charge in [0.15, 0.2) is 0 Å². The maximum absolute atomic E-state index is 11.9. The Kier molecular flexibility index (Phi) is 4.26. The summed E-state index contributed by atoms with van der Waals surface area (Å²) in [4.78, 5) is 11.9. The van der Waals surface area contributed by atoms with Crippen molar-refractivity contribution < 1.29 is 18.0 Å². The fourth-order valence-electron chi connectivity index (χ4n) is 0.963. The summed E-state index contributed by atoms with van der Waals surface area (Å²) in [7, 11) is 0. The van der Waals surface area contributed by atoms with E-state index in [-0.39, 0.29) is 5.56 Å². The van der Waals surface area contributed by atoms with Crippen LogP contribution < -0.4 is 5.32 Å². The summed E-state index contributed by atoms with van der Waals surface area (Å²) < 4.78 is 36.0. The highest BCUT2D eigenvalue weighted by molar-refractivity contribution is 9.10. The fourth-order valence-corrected chi connectivity index (χ4v) is 1.59. The van der Waals surface area contributed by atoms with E-state index in [4.69, 9.17) is 0 Å². The quantitative estimate of drug-likeness (QED) is 0.807. The van der Waals surface area contributed by atoms with Crippen LogP contribution in [0.3, 0.4) is 0 Å². The second-order valence-electron chi connectivity index (χ2n) is 2.96. The van der Waals surface area contributed by atoms with Gasteiger partial charge in [0, 0.05) is 9.37 Å². The van der Waals surface area contributed by atoms with Crippen molar-refractivity contribution in [1.29, 1.82) is 0 Å². The lowest BCUT2D eigenvalue weighted by Gasteiger charge is -2.09. The molecule has 0 radical (unpaired) electrons. The molecule has 0 unspecified atom stereocenters. The van der Waals surface area contributed by atoms with Crippen molar-refractivity contribution in [1.82, 2.24) is 5.32 Å². The van der Waals surface area contributed by atoms with Crippen molar-refractivity contribution in [2.75, 3.05) is 6.54 Å². The Balaban J connectivity index is 2.77. The molecular weight excluding hydrogens is 307 g/mol. The molecule has 0 aromatic heterocycles. The molecule has 1 amide bonds. The van der Waals surface area contributed by atoms with Crippen LogP contribution in [0.25, 0.3) is 0 Å². The second-order valence-corrected chi connectivity index (χ2v) is 4.33. The highest BCUT2D eigenvalue weighted by Gasteiger charge is 2.28. The molecule has 7 heteroatoms. The zero-order valence-electron chi connectivity index (χ0n) is 7.81. The molecule has 0 atom stereocenters. The number of rotatable bonds is 2. The van der Waals surface area contributed by atoms with Crippen molar-refractivity contribution in [2.45, 2.75) is 11.1 Å². The molecule has 0 heterocycles. The first-order valence-electron chi connectivity index (χ1n) is 4.13. The third kappa shape index (κ3) is 4.05. The predicted molar refractivity (Wildman–Crippen MR) is 59.8 cm³/mol. The molecule has 0 bridgehead atoms. The van der Waals surface area contributed by atoms with Gasteiger partial charge in [0.05, 0.1) is 5.56 Å². The van der Waals surface area contributed by atoms with Gasteiger partial charge in [-0.2, -0.15) is 13.2 Å². The van der Waals surface area contributed by atoms with Crippen LogP contribution in [0.4, 0.5) is 13.2 Å². The largest absolute Gasteiger partial charge is 0.405 e. The average molecular weight is 314 g/mol. The Bertz CT molecular complexity index is 408. The van der Waals surface area contributed by atoms with Crippen LogP contribution in [0.15, 0.2) is 27.6 Å². The maximum Gasteiger partial charge on any atom is 0.405 e. The number of carbonyl (C=O) groups excluding carboxylic acids is 1. The van der Waals surface area contributed by atoms with Gasteiger partial charge in [-0.3, -0.25) is 4.79 Å². The van der Waals surface area contributed by atoms with Gasteiger partial charge in [-0.15, -0.1) is 12.6 Å². The van der Waals surface area contributed by atoms with E-state index in [1.165, 1.54) is 6.07 Å². The summed E-state index contributed by atoms with van der Waals surface area (Å²) >= 11 is 7.07. The van der Waals surface area contributed by atoms with Crippen LogP contribution in [-0.2, 0) is 0 Å². The maximum atomic E-state index is 11.9. The molecule has 0 aliphatic rings. The van der Waals surface area contributed by atoms with Crippen LogP contribution in [0.1, 0.15) is 10.4 Å². The number of hydrogen-bond donors (Lipinski definition) is 2. The molecule has 0 aliphatic carbocycles. The lowest BCUT2D eigenvalue weighted by molar-refractivity contribution is -0.123. The molecule has 1 N–H and O–H groups in total. The number of benzene rings is 1. The van der Waals surface area contributed by atoms with E-state index in [1.807, 2.05) is 0 Å². The van der Waals surface area contributed by atoms with E-state index in [9.17, 15) is 18.0 Å². The molecule has 16 heavy (non-hydrogen) atoms. The summed E-state index contributed by atoms with van der Waals surface area (Å²) in [6.07, 6.45) is -4.42. The third-order valence-electron chi connectivity index (χ3n) is 1.64. The van der Waals surface area contributed by atoms with Crippen LogP contribution >= 0.6 is 28.6 Å². The zero-order valence-corrected chi connectivity index (χ0v) is 10.3. The number of halogens is 4. The lowest BCUT2D eigenvalue weighted by atomic mass is 10.2. The molecular formula is C9H7BrF3NOS. The SMILES string of the molecule is O=C(NCC(F)(F)F)c1cc(S)ccc1Br. The van der Waals surface area contributed by atoms with Crippen molar-refractivity contribution in [2.24, 2.45) is 0 Å². The van der Waals surface area contributed by atoms with Crippen molar-refractivity contribution in [3.8, 4) is 0 Å². The van der Waals surface area contributed by atoms with Gasteiger partial charge in [-0.1, -0.05) is 0 Å². The number of hydrogen-bond acceptors (Lipinski definition) is 2. The summed E-state index contributed by atoms with van der Waals surface area (Å²) in [6.45, 7) is -1.35. The highest BCUT2D eigenvalue weighted by atomic mass is 79.9. The topological polar surface area (TPSA) is 29.1 Å². The minimum Gasteiger partial charge on any atom is -0.343 e. The normalized spacial score (nSPS) is 11.3. The van der Waals surface area contributed by atoms with Crippen molar-refractivity contribution >= 4 is 34.5 Å². The molecule has 2 nitrogen and oxygen atoms in total. The molecule has 1 rings (SSSR count). The Labute approximate surface area is 104 Å². The molecule has 88 valence electrons. The van der Waals surface area contributed by atoms with Crippen LogP contribution in [0.2, 0.25) is 0 Å². The Morgan fingerprint density at radius 2 is 2.06 bits per heavy atom. The molecule has 1 aromatic rings. The minimum absolute atomic E-state index is 0.122. The Morgan fingerprint density at radius 1 is 1.44 bits per heavy atom. The minimum atomic E-state index is -4.42. The summed E-state index contributed by atoms with van der Waals surface area (Å²) in [5.41, 5.74) is 0.122. The van der Waals surface area contributed by atoms with Gasteiger partial charge in [0.25, 0.3) is 5.91 Å². The summed E-state index contributed by atoms with van der Waals surface area (Å²) in [5, 5.41) is 1.78. The first-order valence-corrected chi connectivity index (χ1v) is 5.37. The number of carbonyl (C=O) groups is 1.